The number of rotatable bonds is 6. The molecule has 0 atom stereocenters. The summed E-state index contributed by atoms with van der Waals surface area (Å²) in [5, 5.41) is 11.9. The third-order valence-electron chi connectivity index (χ3n) is 4.26. The molecule has 1 heterocycles. The van der Waals surface area contributed by atoms with Crippen LogP contribution in [-0.4, -0.2) is 55.1 Å². The first-order chi connectivity index (χ1) is 12.5. The lowest BCUT2D eigenvalue weighted by Gasteiger charge is -2.24. The van der Waals surface area contributed by atoms with Crippen LogP contribution in [0.2, 0.25) is 0 Å². The van der Waals surface area contributed by atoms with Crippen molar-refractivity contribution in [3.63, 3.8) is 0 Å². The molecule has 0 spiro atoms. The first kappa shape index (κ1) is 19.6. The molecule has 8 heteroatoms. The van der Waals surface area contributed by atoms with E-state index in [1.165, 1.54) is 26.4 Å². The average Bonchev–Trinajstić information content (AvgIpc) is 2.60. The molecule has 2 N–H and O–H groups in total. The topological polar surface area (TPSA) is 105 Å². The van der Waals surface area contributed by atoms with Gasteiger partial charge in [0.25, 0.3) is 0 Å². The highest BCUT2D eigenvalue weighted by atomic mass is 16.5. The molecular formula is C18H24N2O6. The fourth-order valence-electron chi connectivity index (χ4n) is 2.93. The molecule has 0 saturated carbocycles. The summed E-state index contributed by atoms with van der Waals surface area (Å²) in [5.74, 6) is -1.18. The van der Waals surface area contributed by atoms with E-state index in [2.05, 4.69) is 5.32 Å². The number of carboxylic acids is 1. The van der Waals surface area contributed by atoms with E-state index in [4.69, 9.17) is 9.47 Å². The summed E-state index contributed by atoms with van der Waals surface area (Å²) < 4.78 is 10.4. The molecule has 8 nitrogen and oxygen atoms in total. The van der Waals surface area contributed by atoms with Crippen molar-refractivity contribution in [1.82, 2.24) is 4.90 Å². The number of anilines is 1. The average molecular weight is 364 g/mol. The molecule has 1 aromatic carbocycles. The summed E-state index contributed by atoms with van der Waals surface area (Å²) in [6.07, 6.45) is 4.22. The molecule has 26 heavy (non-hydrogen) atoms. The number of carbonyl (C=O) groups excluding carboxylic acids is 2. The second kappa shape index (κ2) is 9.07. The van der Waals surface area contributed by atoms with E-state index in [0.29, 0.717) is 13.0 Å². The van der Waals surface area contributed by atoms with Crippen molar-refractivity contribution < 1.29 is 29.0 Å². The number of methoxy groups -OCH3 is 2. The van der Waals surface area contributed by atoms with E-state index in [1.807, 2.05) is 0 Å². The lowest BCUT2D eigenvalue weighted by atomic mass is 10.1. The van der Waals surface area contributed by atoms with E-state index in [0.717, 1.165) is 25.7 Å². The van der Waals surface area contributed by atoms with Crippen LogP contribution < -0.4 is 14.8 Å². The van der Waals surface area contributed by atoms with Gasteiger partial charge in [-0.15, -0.1) is 0 Å². The van der Waals surface area contributed by atoms with Crippen LogP contribution in [0.15, 0.2) is 12.1 Å². The molecule has 0 aromatic heterocycles. The number of hydrogen-bond donors (Lipinski definition) is 2. The number of ether oxygens (including phenoxy) is 2. The Balaban J connectivity index is 2.17. The Hall–Kier alpha value is -2.77. The van der Waals surface area contributed by atoms with Crippen LogP contribution >= 0.6 is 0 Å². The molecule has 1 fully saturated rings. The molecule has 1 aromatic rings. The number of benzene rings is 1. The SMILES string of the molecule is COc1cc(C(=O)O)cc(NC(=O)CN2CCCCCCC2=O)c1OC. The molecule has 1 aliphatic rings. The van der Waals surface area contributed by atoms with Crippen molar-refractivity contribution in [1.29, 1.82) is 0 Å². The first-order valence-electron chi connectivity index (χ1n) is 8.53. The number of carboxylic acid groups (broad SMARTS) is 1. The maximum absolute atomic E-state index is 12.4. The normalized spacial score (nSPS) is 15.0. The Bertz CT molecular complexity index is 689. The molecule has 0 bridgehead atoms. The molecule has 0 unspecified atom stereocenters. The quantitative estimate of drug-likeness (QED) is 0.801. The summed E-state index contributed by atoms with van der Waals surface area (Å²) in [7, 11) is 2.78. The van der Waals surface area contributed by atoms with Gasteiger partial charge in [0.15, 0.2) is 11.5 Å². The van der Waals surface area contributed by atoms with Gasteiger partial charge >= 0.3 is 5.97 Å². The van der Waals surface area contributed by atoms with Crippen LogP contribution in [0.5, 0.6) is 11.5 Å². The number of likely N-dealkylation sites (tertiary alicyclic amines) is 1. The zero-order chi connectivity index (χ0) is 19.1. The standard InChI is InChI=1S/C18H24N2O6/c1-25-14-10-12(18(23)24)9-13(17(14)26-2)19-15(21)11-20-8-6-4-3-5-7-16(20)22/h9-10H,3-8,11H2,1-2H3,(H,19,21)(H,23,24). The maximum atomic E-state index is 12.4. The van der Waals surface area contributed by atoms with Gasteiger partial charge in [-0.25, -0.2) is 4.79 Å². The molecule has 1 aliphatic heterocycles. The number of amides is 2. The maximum Gasteiger partial charge on any atom is 0.335 e. The number of carbonyl (C=O) groups is 3. The molecular weight excluding hydrogens is 340 g/mol. The van der Waals surface area contributed by atoms with Gasteiger partial charge in [-0.3, -0.25) is 9.59 Å². The number of aromatic carboxylic acids is 1. The van der Waals surface area contributed by atoms with Gasteiger partial charge in [0.05, 0.1) is 32.0 Å². The van der Waals surface area contributed by atoms with Crippen molar-refractivity contribution in [2.75, 3.05) is 32.6 Å². The predicted molar refractivity (Wildman–Crippen MR) is 94.8 cm³/mol. The lowest BCUT2D eigenvalue weighted by Crippen LogP contribution is -2.39. The van der Waals surface area contributed by atoms with E-state index >= 15 is 0 Å². The lowest BCUT2D eigenvalue weighted by molar-refractivity contribution is -0.135. The highest BCUT2D eigenvalue weighted by molar-refractivity contribution is 5.98. The van der Waals surface area contributed by atoms with Gasteiger partial charge in [-0.2, -0.15) is 0 Å². The molecule has 0 radical (unpaired) electrons. The summed E-state index contributed by atoms with van der Waals surface area (Å²) in [6.45, 7) is 0.462. The number of nitrogens with zero attached hydrogens (tertiary/aromatic N) is 1. The third kappa shape index (κ3) is 4.87. The Morgan fingerprint density at radius 2 is 1.88 bits per heavy atom. The Morgan fingerprint density at radius 1 is 1.15 bits per heavy atom. The molecule has 2 rings (SSSR count). The van der Waals surface area contributed by atoms with Crippen molar-refractivity contribution >= 4 is 23.5 Å². The molecule has 142 valence electrons. The minimum Gasteiger partial charge on any atom is -0.493 e. The summed E-state index contributed by atoms with van der Waals surface area (Å²) in [4.78, 5) is 37.4. The highest BCUT2D eigenvalue weighted by Gasteiger charge is 2.21. The van der Waals surface area contributed by atoms with E-state index in [1.54, 1.807) is 4.90 Å². The second-order valence-electron chi connectivity index (χ2n) is 6.09. The molecule has 0 aliphatic carbocycles. The van der Waals surface area contributed by atoms with Crippen LogP contribution in [0.3, 0.4) is 0 Å². The van der Waals surface area contributed by atoms with Crippen molar-refractivity contribution in [3.8, 4) is 11.5 Å². The Labute approximate surface area is 152 Å². The fraction of sp³-hybridized carbons (Fsp3) is 0.500. The summed E-state index contributed by atoms with van der Waals surface area (Å²) in [6, 6.07) is 2.62. The van der Waals surface area contributed by atoms with Gasteiger partial charge in [-0.05, 0) is 25.0 Å². The zero-order valence-corrected chi connectivity index (χ0v) is 15.0. The van der Waals surface area contributed by atoms with Gasteiger partial charge in [0, 0.05) is 13.0 Å². The third-order valence-corrected chi connectivity index (χ3v) is 4.26. The minimum atomic E-state index is -1.15. The van der Waals surface area contributed by atoms with E-state index in [9.17, 15) is 19.5 Å². The monoisotopic (exact) mass is 364 g/mol. The van der Waals surface area contributed by atoms with Gasteiger partial charge < -0.3 is 24.8 Å². The fourth-order valence-corrected chi connectivity index (χ4v) is 2.93. The summed E-state index contributed by atoms with van der Waals surface area (Å²) >= 11 is 0. The van der Waals surface area contributed by atoms with Crippen LogP contribution in [0, 0.1) is 0 Å². The van der Waals surface area contributed by atoms with Crippen LogP contribution in [0.25, 0.3) is 0 Å². The largest absolute Gasteiger partial charge is 0.493 e. The van der Waals surface area contributed by atoms with Crippen molar-refractivity contribution in [3.05, 3.63) is 17.7 Å². The Kier molecular flexibility index (Phi) is 6.82. The van der Waals surface area contributed by atoms with Crippen molar-refractivity contribution in [2.24, 2.45) is 0 Å². The smallest absolute Gasteiger partial charge is 0.335 e. The first-order valence-corrected chi connectivity index (χ1v) is 8.53. The van der Waals surface area contributed by atoms with Gasteiger partial charge in [0.1, 0.15) is 0 Å². The van der Waals surface area contributed by atoms with Crippen LogP contribution in [-0.2, 0) is 9.59 Å². The summed E-state index contributed by atoms with van der Waals surface area (Å²) in [5.41, 5.74) is 0.147. The highest BCUT2D eigenvalue weighted by Crippen LogP contribution is 2.36. The molecule has 1 saturated heterocycles. The van der Waals surface area contributed by atoms with Crippen LogP contribution in [0.4, 0.5) is 5.69 Å². The van der Waals surface area contributed by atoms with Crippen molar-refractivity contribution in [2.45, 2.75) is 32.1 Å². The van der Waals surface area contributed by atoms with E-state index in [-0.39, 0.29) is 35.2 Å². The Morgan fingerprint density at radius 3 is 2.54 bits per heavy atom. The predicted octanol–water partition coefficient (Wildman–Crippen LogP) is 2.13. The minimum absolute atomic E-state index is 0.0383. The zero-order valence-electron chi connectivity index (χ0n) is 15.0. The van der Waals surface area contributed by atoms with E-state index < -0.39 is 11.9 Å². The second-order valence-corrected chi connectivity index (χ2v) is 6.09. The number of hydrogen-bond acceptors (Lipinski definition) is 5. The van der Waals surface area contributed by atoms with Crippen LogP contribution in [0.1, 0.15) is 42.5 Å². The number of nitrogens with one attached hydrogen (secondary N) is 1. The van der Waals surface area contributed by atoms with Gasteiger partial charge in [-0.1, -0.05) is 12.8 Å². The van der Waals surface area contributed by atoms with Gasteiger partial charge in [0.2, 0.25) is 11.8 Å². The molecule has 2 amide bonds.